The van der Waals surface area contributed by atoms with Crippen molar-refractivity contribution in [3.63, 3.8) is 0 Å². The Morgan fingerprint density at radius 2 is 2.00 bits per heavy atom. The van der Waals surface area contributed by atoms with Crippen molar-refractivity contribution in [2.24, 2.45) is 17.8 Å². The van der Waals surface area contributed by atoms with Crippen LogP contribution in [0.2, 0.25) is 0 Å². The van der Waals surface area contributed by atoms with Gasteiger partial charge in [-0.1, -0.05) is 0 Å². The second-order valence-electron chi connectivity index (χ2n) is 4.96. The third-order valence-corrected chi connectivity index (χ3v) is 4.18. The second kappa shape index (κ2) is 3.27. The van der Waals surface area contributed by atoms with Crippen molar-refractivity contribution in [2.75, 3.05) is 13.2 Å². The first-order valence-electron chi connectivity index (χ1n) is 5.65. The Morgan fingerprint density at radius 3 is 2.67 bits per heavy atom. The van der Waals surface area contributed by atoms with Crippen LogP contribution in [0.1, 0.15) is 19.3 Å². The number of hydrogen-bond acceptors (Lipinski definition) is 4. The maximum absolute atomic E-state index is 10.9. The van der Waals surface area contributed by atoms with E-state index in [1.807, 2.05) is 0 Å². The number of carbonyl (C=O) groups is 1. The molecular weight excluding hydrogens is 196 g/mol. The fraction of sp³-hybridized carbons (Fsp3) is 0.909. The zero-order chi connectivity index (χ0) is 10.5. The molecule has 2 aliphatic carbocycles. The molecule has 84 valence electrons. The van der Waals surface area contributed by atoms with Gasteiger partial charge < -0.3 is 19.4 Å². The fourth-order valence-electron chi connectivity index (χ4n) is 3.55. The first-order valence-corrected chi connectivity index (χ1v) is 5.65. The molecule has 15 heavy (non-hydrogen) atoms. The monoisotopic (exact) mass is 212 g/mol. The molecule has 0 unspecified atom stereocenters. The van der Waals surface area contributed by atoms with E-state index in [1.165, 1.54) is 0 Å². The maximum Gasteiger partial charge on any atom is 0.169 e. The summed E-state index contributed by atoms with van der Waals surface area (Å²) >= 11 is 0. The Labute approximate surface area is 88.6 Å². The van der Waals surface area contributed by atoms with Gasteiger partial charge in [0.25, 0.3) is 0 Å². The highest BCUT2D eigenvalue weighted by Crippen LogP contribution is 2.53. The molecule has 1 aliphatic heterocycles. The molecule has 0 bridgehead atoms. The van der Waals surface area contributed by atoms with Gasteiger partial charge in [0.15, 0.2) is 5.79 Å². The lowest BCUT2D eigenvalue weighted by molar-refractivity contribution is -0.158. The Kier molecular flexibility index (Phi) is 2.13. The average Bonchev–Trinajstić information content (AvgIpc) is 2.83. The van der Waals surface area contributed by atoms with E-state index in [0.717, 1.165) is 25.5 Å². The van der Waals surface area contributed by atoms with Crippen molar-refractivity contribution >= 4 is 6.29 Å². The first kappa shape index (κ1) is 9.75. The third kappa shape index (κ3) is 1.35. The smallest absolute Gasteiger partial charge is 0.169 e. The van der Waals surface area contributed by atoms with Gasteiger partial charge in [0.2, 0.25) is 0 Å². The number of aliphatic hydroxyl groups excluding tert-OH is 1. The summed E-state index contributed by atoms with van der Waals surface area (Å²) in [5.74, 6) is 0.0302. The molecule has 2 saturated carbocycles. The molecule has 4 atom stereocenters. The molecule has 1 N–H and O–H groups in total. The summed E-state index contributed by atoms with van der Waals surface area (Å²) < 4.78 is 11.3. The number of ether oxygens (including phenoxy) is 2. The molecule has 4 nitrogen and oxygen atoms in total. The Hall–Kier alpha value is -0.450. The summed E-state index contributed by atoms with van der Waals surface area (Å²) in [5.41, 5.74) is 0. The van der Waals surface area contributed by atoms with Crippen LogP contribution in [-0.4, -0.2) is 36.5 Å². The number of aliphatic hydroxyl groups is 1. The number of fused-ring (bicyclic) bond motifs is 1. The van der Waals surface area contributed by atoms with Gasteiger partial charge in [-0.2, -0.15) is 0 Å². The van der Waals surface area contributed by atoms with E-state index in [9.17, 15) is 9.90 Å². The summed E-state index contributed by atoms with van der Waals surface area (Å²) in [5, 5.41) is 9.71. The normalized spacial score (nSPS) is 47.3. The number of rotatable bonds is 1. The lowest BCUT2D eigenvalue weighted by Crippen LogP contribution is -2.30. The van der Waals surface area contributed by atoms with E-state index in [4.69, 9.17) is 9.47 Å². The molecule has 4 heteroatoms. The Balaban J connectivity index is 1.79. The Morgan fingerprint density at radius 1 is 1.27 bits per heavy atom. The summed E-state index contributed by atoms with van der Waals surface area (Å²) in [7, 11) is 0. The SMILES string of the molecule is O=C[C@@H]1[C@@H]2CC3(C[C@@H]2C[C@H]1O)OCCO3. The van der Waals surface area contributed by atoms with Gasteiger partial charge in [-0.3, -0.25) is 0 Å². The molecule has 0 amide bonds. The molecule has 1 spiro atoms. The molecule has 0 aromatic rings. The van der Waals surface area contributed by atoms with Crippen molar-refractivity contribution < 1.29 is 19.4 Å². The van der Waals surface area contributed by atoms with Gasteiger partial charge in [-0.05, 0) is 18.3 Å². The lowest BCUT2D eigenvalue weighted by atomic mass is 9.92. The summed E-state index contributed by atoms with van der Waals surface area (Å²) in [6.45, 7) is 1.32. The van der Waals surface area contributed by atoms with Crippen molar-refractivity contribution in [1.29, 1.82) is 0 Å². The first-order chi connectivity index (χ1) is 7.24. The molecule has 0 radical (unpaired) electrons. The van der Waals surface area contributed by atoms with Gasteiger partial charge >= 0.3 is 0 Å². The van der Waals surface area contributed by atoms with Crippen molar-refractivity contribution in [3.05, 3.63) is 0 Å². The number of aldehydes is 1. The van der Waals surface area contributed by atoms with Gasteiger partial charge in [-0.25, -0.2) is 0 Å². The zero-order valence-electron chi connectivity index (χ0n) is 8.59. The van der Waals surface area contributed by atoms with Crippen LogP contribution in [-0.2, 0) is 14.3 Å². The summed E-state index contributed by atoms with van der Waals surface area (Å²) in [4.78, 5) is 10.9. The van der Waals surface area contributed by atoms with E-state index in [1.54, 1.807) is 0 Å². The standard InChI is InChI=1S/C11H16O4/c12-6-9-8-5-11(14-1-2-15-11)4-7(8)3-10(9)13/h6-10,13H,1-5H2/t7-,8+,9+,10+/m0/s1. The highest BCUT2D eigenvalue weighted by Gasteiger charge is 2.56. The maximum atomic E-state index is 10.9. The lowest BCUT2D eigenvalue weighted by Gasteiger charge is -2.24. The molecule has 0 aromatic heterocycles. The van der Waals surface area contributed by atoms with E-state index in [-0.39, 0.29) is 11.8 Å². The largest absolute Gasteiger partial charge is 0.392 e. The molecule has 3 fully saturated rings. The molecular formula is C11H16O4. The van der Waals surface area contributed by atoms with Crippen LogP contribution in [0, 0.1) is 17.8 Å². The highest BCUT2D eigenvalue weighted by atomic mass is 16.7. The van der Waals surface area contributed by atoms with Crippen molar-refractivity contribution in [1.82, 2.24) is 0 Å². The molecule has 3 aliphatic rings. The van der Waals surface area contributed by atoms with Crippen LogP contribution in [0.25, 0.3) is 0 Å². The minimum absolute atomic E-state index is 0.206. The third-order valence-electron chi connectivity index (χ3n) is 4.18. The van der Waals surface area contributed by atoms with E-state index >= 15 is 0 Å². The van der Waals surface area contributed by atoms with Crippen molar-refractivity contribution in [2.45, 2.75) is 31.2 Å². The fourth-order valence-corrected chi connectivity index (χ4v) is 3.55. The van der Waals surface area contributed by atoms with E-state index in [0.29, 0.717) is 19.1 Å². The average molecular weight is 212 g/mol. The van der Waals surface area contributed by atoms with Gasteiger partial charge in [0.1, 0.15) is 6.29 Å². The number of carbonyl (C=O) groups excluding carboxylic acids is 1. The quantitative estimate of drug-likeness (QED) is 0.637. The summed E-state index contributed by atoms with van der Waals surface area (Å²) in [6, 6.07) is 0. The topological polar surface area (TPSA) is 55.8 Å². The van der Waals surface area contributed by atoms with Crippen LogP contribution < -0.4 is 0 Å². The number of hydrogen-bond donors (Lipinski definition) is 1. The predicted octanol–water partition coefficient (Wildman–Crippen LogP) is 0.335. The minimum Gasteiger partial charge on any atom is -0.392 e. The van der Waals surface area contributed by atoms with Crippen LogP contribution in [0.4, 0.5) is 0 Å². The van der Waals surface area contributed by atoms with Crippen LogP contribution in [0.15, 0.2) is 0 Å². The van der Waals surface area contributed by atoms with Crippen molar-refractivity contribution in [3.8, 4) is 0 Å². The second-order valence-corrected chi connectivity index (χ2v) is 4.96. The highest BCUT2D eigenvalue weighted by molar-refractivity contribution is 5.56. The molecule has 1 saturated heterocycles. The van der Waals surface area contributed by atoms with E-state index < -0.39 is 11.9 Å². The molecule has 3 rings (SSSR count). The van der Waals surface area contributed by atoms with E-state index in [2.05, 4.69) is 0 Å². The van der Waals surface area contributed by atoms with Gasteiger partial charge in [-0.15, -0.1) is 0 Å². The van der Waals surface area contributed by atoms with Gasteiger partial charge in [0.05, 0.1) is 19.3 Å². The zero-order valence-corrected chi connectivity index (χ0v) is 8.59. The van der Waals surface area contributed by atoms with Gasteiger partial charge in [0, 0.05) is 18.8 Å². The van der Waals surface area contributed by atoms with Crippen LogP contribution in [0.3, 0.4) is 0 Å². The molecule has 0 aromatic carbocycles. The minimum atomic E-state index is -0.448. The van der Waals surface area contributed by atoms with Crippen LogP contribution in [0.5, 0.6) is 0 Å². The molecule has 1 heterocycles. The Bertz CT molecular complexity index is 272. The predicted molar refractivity (Wildman–Crippen MR) is 51.0 cm³/mol. The summed E-state index contributed by atoms with van der Waals surface area (Å²) in [6.07, 6.45) is 2.81. The van der Waals surface area contributed by atoms with Crippen LogP contribution >= 0.6 is 0 Å².